The molecule has 0 N–H and O–H groups in total. The summed E-state index contributed by atoms with van der Waals surface area (Å²) in [5.74, 6) is 0.185. The third-order valence-electron chi connectivity index (χ3n) is 3.56. The van der Waals surface area contributed by atoms with Crippen LogP contribution in [0, 0.1) is 12.3 Å². The first-order valence-corrected chi connectivity index (χ1v) is 8.49. The van der Waals surface area contributed by atoms with E-state index in [-0.39, 0.29) is 29.7 Å². The van der Waals surface area contributed by atoms with Crippen LogP contribution < -0.4 is 0 Å². The number of aryl methyl sites for hydroxylation is 1. The van der Waals surface area contributed by atoms with Crippen molar-refractivity contribution >= 4 is 29.4 Å². The molecule has 1 aromatic rings. The number of esters is 1. The number of rotatable bonds is 4. The van der Waals surface area contributed by atoms with Crippen molar-refractivity contribution in [3.8, 4) is 0 Å². The SMILES string of the molecule is COC(=O)c1oc(CN2C(=O)CS/C2=C/C(=O)C(C)(C)C)cc1C. The van der Waals surface area contributed by atoms with Gasteiger partial charge in [-0.05, 0) is 13.0 Å². The Kier molecular flexibility index (Phi) is 5.22. The van der Waals surface area contributed by atoms with Gasteiger partial charge in [-0.15, -0.1) is 0 Å². The van der Waals surface area contributed by atoms with Crippen molar-refractivity contribution in [3.05, 3.63) is 34.3 Å². The number of hydrogen-bond donors (Lipinski definition) is 0. The summed E-state index contributed by atoms with van der Waals surface area (Å²) in [5.41, 5.74) is 0.136. The normalized spacial score (nSPS) is 16.8. The second-order valence-corrected chi connectivity index (χ2v) is 7.58. The number of methoxy groups -OCH3 is 1. The number of thioether (sulfide) groups is 1. The number of furan rings is 1. The minimum atomic E-state index is -0.556. The number of hydrogen-bond acceptors (Lipinski definition) is 6. The fourth-order valence-corrected chi connectivity index (χ4v) is 3.05. The minimum Gasteiger partial charge on any atom is -0.463 e. The number of allylic oxidation sites excluding steroid dienone is 1. The fourth-order valence-electron chi connectivity index (χ4n) is 2.11. The predicted octanol–water partition coefficient (Wildman–Crippen LogP) is 2.91. The molecule has 0 radical (unpaired) electrons. The second kappa shape index (κ2) is 6.84. The van der Waals surface area contributed by atoms with E-state index in [1.54, 1.807) is 13.0 Å². The highest BCUT2D eigenvalue weighted by Gasteiger charge is 2.30. The zero-order valence-electron chi connectivity index (χ0n) is 14.5. The van der Waals surface area contributed by atoms with Gasteiger partial charge in [0.15, 0.2) is 5.78 Å². The Bertz CT molecular complexity index is 711. The Morgan fingerprint density at radius 1 is 1.42 bits per heavy atom. The standard InChI is InChI=1S/C17H21NO5S/c1-10-6-11(23-15(10)16(21)22-5)8-18-13(20)9-24-14(18)7-12(19)17(2,3)4/h6-7H,8-9H2,1-5H3/b14-7+. The summed E-state index contributed by atoms with van der Waals surface area (Å²) in [4.78, 5) is 37.4. The number of ketones is 1. The summed E-state index contributed by atoms with van der Waals surface area (Å²) < 4.78 is 10.2. The van der Waals surface area contributed by atoms with Gasteiger partial charge in [-0.25, -0.2) is 4.79 Å². The molecule has 0 atom stereocenters. The Labute approximate surface area is 145 Å². The van der Waals surface area contributed by atoms with Gasteiger partial charge in [-0.2, -0.15) is 0 Å². The first-order chi connectivity index (χ1) is 11.1. The third kappa shape index (κ3) is 3.90. The van der Waals surface area contributed by atoms with Crippen LogP contribution in [-0.4, -0.2) is 35.4 Å². The maximum absolute atomic E-state index is 12.2. The summed E-state index contributed by atoms with van der Waals surface area (Å²) >= 11 is 1.33. The molecule has 24 heavy (non-hydrogen) atoms. The van der Waals surface area contributed by atoms with Crippen molar-refractivity contribution in [1.29, 1.82) is 0 Å². The molecule has 1 aliphatic heterocycles. The van der Waals surface area contributed by atoms with Crippen LogP contribution in [-0.2, 0) is 20.9 Å². The Morgan fingerprint density at radius 2 is 2.08 bits per heavy atom. The van der Waals surface area contributed by atoms with E-state index in [2.05, 4.69) is 4.74 Å². The highest BCUT2D eigenvalue weighted by atomic mass is 32.2. The molecule has 0 spiro atoms. The Hall–Kier alpha value is -2.02. The van der Waals surface area contributed by atoms with E-state index in [4.69, 9.17) is 4.42 Å². The number of carbonyl (C=O) groups is 3. The Morgan fingerprint density at radius 3 is 2.67 bits per heavy atom. The maximum atomic E-state index is 12.2. The van der Waals surface area contributed by atoms with Crippen molar-refractivity contribution in [2.24, 2.45) is 5.41 Å². The Balaban J connectivity index is 2.24. The quantitative estimate of drug-likeness (QED) is 0.613. The average Bonchev–Trinajstić information content (AvgIpc) is 3.02. The molecule has 7 heteroatoms. The van der Waals surface area contributed by atoms with Crippen molar-refractivity contribution in [2.45, 2.75) is 34.2 Å². The molecule has 1 aliphatic rings. The van der Waals surface area contributed by atoms with Crippen molar-refractivity contribution < 1.29 is 23.5 Å². The topological polar surface area (TPSA) is 76.8 Å². The van der Waals surface area contributed by atoms with E-state index in [1.165, 1.54) is 29.8 Å². The van der Waals surface area contributed by atoms with Crippen LogP contribution in [0.25, 0.3) is 0 Å². The van der Waals surface area contributed by atoms with Crippen LogP contribution in [0.3, 0.4) is 0 Å². The first kappa shape index (κ1) is 18.3. The lowest BCUT2D eigenvalue weighted by molar-refractivity contribution is -0.126. The predicted molar refractivity (Wildman–Crippen MR) is 90.3 cm³/mol. The van der Waals surface area contributed by atoms with E-state index in [0.717, 1.165) is 0 Å². The van der Waals surface area contributed by atoms with E-state index < -0.39 is 11.4 Å². The largest absolute Gasteiger partial charge is 0.463 e. The van der Waals surface area contributed by atoms with E-state index in [1.807, 2.05) is 20.8 Å². The van der Waals surface area contributed by atoms with Crippen molar-refractivity contribution in [1.82, 2.24) is 4.90 Å². The lowest BCUT2D eigenvalue weighted by Crippen LogP contribution is -2.25. The summed E-state index contributed by atoms with van der Waals surface area (Å²) in [6, 6.07) is 1.70. The molecule has 1 aromatic heterocycles. The molecule has 1 amide bonds. The molecule has 2 rings (SSSR count). The van der Waals surface area contributed by atoms with Crippen molar-refractivity contribution in [3.63, 3.8) is 0 Å². The molecule has 1 saturated heterocycles. The van der Waals surface area contributed by atoms with Gasteiger partial charge >= 0.3 is 5.97 Å². The number of carbonyl (C=O) groups excluding carboxylic acids is 3. The van der Waals surface area contributed by atoms with Crippen LogP contribution in [0.15, 0.2) is 21.6 Å². The van der Waals surface area contributed by atoms with E-state index in [0.29, 0.717) is 16.4 Å². The monoisotopic (exact) mass is 351 g/mol. The van der Waals surface area contributed by atoms with Gasteiger partial charge in [0.1, 0.15) is 5.76 Å². The summed E-state index contributed by atoms with van der Waals surface area (Å²) in [6.45, 7) is 7.40. The molecular formula is C17H21NO5S. The number of amides is 1. The molecular weight excluding hydrogens is 330 g/mol. The van der Waals surface area contributed by atoms with Gasteiger partial charge in [-0.3, -0.25) is 14.5 Å². The molecule has 2 heterocycles. The highest BCUT2D eigenvalue weighted by molar-refractivity contribution is 8.04. The lowest BCUT2D eigenvalue weighted by atomic mass is 9.91. The van der Waals surface area contributed by atoms with Gasteiger partial charge in [0.25, 0.3) is 0 Å². The zero-order valence-corrected chi connectivity index (χ0v) is 15.3. The molecule has 1 fully saturated rings. The van der Waals surface area contributed by atoms with Crippen LogP contribution in [0.1, 0.15) is 42.6 Å². The van der Waals surface area contributed by atoms with Gasteiger partial charge < -0.3 is 9.15 Å². The number of ether oxygens (including phenoxy) is 1. The second-order valence-electron chi connectivity index (χ2n) is 6.58. The van der Waals surface area contributed by atoms with Gasteiger partial charge in [-0.1, -0.05) is 32.5 Å². The minimum absolute atomic E-state index is 0.0458. The van der Waals surface area contributed by atoms with Gasteiger partial charge in [0.2, 0.25) is 11.7 Å². The van der Waals surface area contributed by atoms with Gasteiger partial charge in [0, 0.05) is 17.1 Å². The van der Waals surface area contributed by atoms with Crippen LogP contribution in [0.4, 0.5) is 0 Å². The molecule has 0 aliphatic carbocycles. The summed E-state index contributed by atoms with van der Waals surface area (Å²) in [7, 11) is 1.28. The number of nitrogens with zero attached hydrogens (tertiary/aromatic N) is 1. The van der Waals surface area contributed by atoms with Crippen LogP contribution in [0.5, 0.6) is 0 Å². The third-order valence-corrected chi connectivity index (χ3v) is 4.58. The highest BCUT2D eigenvalue weighted by Crippen LogP contribution is 2.32. The van der Waals surface area contributed by atoms with Crippen LogP contribution >= 0.6 is 11.8 Å². The molecule has 130 valence electrons. The molecule has 0 aromatic carbocycles. The molecule has 0 saturated carbocycles. The lowest BCUT2D eigenvalue weighted by Gasteiger charge is -2.18. The molecule has 0 unspecified atom stereocenters. The average molecular weight is 351 g/mol. The maximum Gasteiger partial charge on any atom is 0.374 e. The van der Waals surface area contributed by atoms with Crippen LogP contribution in [0.2, 0.25) is 0 Å². The zero-order chi connectivity index (χ0) is 18.1. The smallest absolute Gasteiger partial charge is 0.374 e. The van der Waals surface area contributed by atoms with Crippen molar-refractivity contribution in [2.75, 3.05) is 12.9 Å². The van der Waals surface area contributed by atoms with Gasteiger partial charge in [0.05, 0.1) is 24.4 Å². The first-order valence-electron chi connectivity index (χ1n) is 7.50. The van der Waals surface area contributed by atoms with E-state index in [9.17, 15) is 14.4 Å². The molecule has 0 bridgehead atoms. The molecule has 6 nitrogen and oxygen atoms in total. The summed E-state index contributed by atoms with van der Waals surface area (Å²) in [6.07, 6.45) is 1.51. The fraction of sp³-hybridized carbons (Fsp3) is 0.471. The van der Waals surface area contributed by atoms with E-state index >= 15 is 0 Å². The summed E-state index contributed by atoms with van der Waals surface area (Å²) in [5, 5.41) is 0.605.